The quantitative estimate of drug-likeness (QED) is 0.170. The summed E-state index contributed by atoms with van der Waals surface area (Å²) < 4.78 is 0. The first-order chi connectivity index (χ1) is 26.8. The summed E-state index contributed by atoms with van der Waals surface area (Å²) in [6.45, 7) is 0. The van der Waals surface area contributed by atoms with E-state index in [0.29, 0.717) is 5.56 Å². The molecule has 0 atom stereocenters. The van der Waals surface area contributed by atoms with Crippen molar-refractivity contribution >= 4 is 43.1 Å². The molecule has 1 nitrogen and oxygen atoms in total. The maximum Gasteiger partial charge on any atom is 0.0991 e. The maximum atomic E-state index is 9.39. The van der Waals surface area contributed by atoms with Gasteiger partial charge in [-0.15, -0.1) is 0 Å². The molecule has 11 rings (SSSR count). The number of benzene rings is 10. The van der Waals surface area contributed by atoms with Gasteiger partial charge in [-0.25, -0.2) is 0 Å². The Morgan fingerprint density at radius 2 is 0.833 bits per heavy atom. The third kappa shape index (κ3) is 4.44. The molecule has 0 aromatic heterocycles. The molecule has 1 aliphatic rings. The summed E-state index contributed by atoms with van der Waals surface area (Å²) in [6, 6.07) is 70.5. The van der Waals surface area contributed by atoms with Crippen LogP contribution >= 0.6 is 0 Å². The van der Waals surface area contributed by atoms with Gasteiger partial charge >= 0.3 is 0 Å². The van der Waals surface area contributed by atoms with Crippen molar-refractivity contribution in [2.24, 2.45) is 0 Å². The summed E-state index contributed by atoms with van der Waals surface area (Å²) in [5, 5.41) is 19.4. The van der Waals surface area contributed by atoms with Crippen molar-refractivity contribution < 1.29 is 0 Å². The number of hydrogen-bond acceptors (Lipinski definition) is 1. The first-order valence-corrected chi connectivity index (χ1v) is 18.5. The lowest BCUT2D eigenvalue weighted by atomic mass is 9.82. The number of fused-ring (bicyclic) bond motifs is 7. The molecule has 0 fully saturated rings. The van der Waals surface area contributed by atoms with Crippen LogP contribution in [-0.2, 0) is 0 Å². The van der Waals surface area contributed by atoms with Crippen molar-refractivity contribution in [2.75, 3.05) is 0 Å². The Morgan fingerprint density at radius 3 is 1.48 bits per heavy atom. The molecule has 0 heterocycles. The van der Waals surface area contributed by atoms with Gasteiger partial charge in [0.1, 0.15) is 0 Å². The normalized spacial score (nSPS) is 11.7. The first-order valence-electron chi connectivity index (χ1n) is 18.5. The molecule has 10 aromatic carbocycles. The van der Waals surface area contributed by atoms with Crippen LogP contribution in [0.4, 0.5) is 0 Å². The molecule has 0 radical (unpaired) electrons. The highest BCUT2D eigenvalue weighted by Crippen LogP contribution is 2.58. The van der Waals surface area contributed by atoms with Crippen molar-refractivity contribution in [3.05, 3.63) is 194 Å². The lowest BCUT2D eigenvalue weighted by Crippen LogP contribution is -1.93. The van der Waals surface area contributed by atoms with Crippen LogP contribution < -0.4 is 0 Å². The van der Waals surface area contributed by atoms with Crippen molar-refractivity contribution in [3.8, 4) is 72.8 Å². The fourth-order valence-corrected chi connectivity index (χ4v) is 9.09. The van der Waals surface area contributed by atoms with Gasteiger partial charge in [0.15, 0.2) is 0 Å². The third-order valence-electron chi connectivity index (χ3n) is 11.4. The summed E-state index contributed by atoms with van der Waals surface area (Å²) in [4.78, 5) is 0. The van der Waals surface area contributed by atoms with Crippen molar-refractivity contribution in [2.45, 2.75) is 0 Å². The molecule has 0 amide bonds. The second kappa shape index (κ2) is 11.9. The number of hydrogen-bond donors (Lipinski definition) is 0. The lowest BCUT2D eigenvalue weighted by molar-refractivity contribution is 1.48. The molecule has 0 bridgehead atoms. The minimum Gasteiger partial charge on any atom is -0.192 e. The zero-order chi connectivity index (χ0) is 35.8. The number of nitrogens with zero attached hydrogens (tertiary/aromatic N) is 1. The number of nitriles is 1. The Bertz CT molecular complexity index is 3090. The fourth-order valence-electron chi connectivity index (χ4n) is 9.09. The molecule has 1 aliphatic carbocycles. The highest BCUT2D eigenvalue weighted by atomic mass is 14.3. The molecular weight excluding hydrogens is 651 g/mol. The lowest BCUT2D eigenvalue weighted by Gasteiger charge is -2.20. The van der Waals surface area contributed by atoms with Gasteiger partial charge in [-0.3, -0.25) is 0 Å². The molecular formula is C53H31N. The second-order valence-electron chi connectivity index (χ2n) is 14.3. The molecule has 1 heteroatoms. The van der Waals surface area contributed by atoms with Crippen molar-refractivity contribution in [1.29, 1.82) is 5.26 Å². The van der Waals surface area contributed by atoms with Crippen LogP contribution in [0.5, 0.6) is 0 Å². The average Bonchev–Trinajstić information content (AvgIpc) is 3.57. The minimum atomic E-state index is 0.669. The summed E-state index contributed by atoms with van der Waals surface area (Å²) in [6.07, 6.45) is 0. The van der Waals surface area contributed by atoms with Gasteiger partial charge in [0, 0.05) is 0 Å². The van der Waals surface area contributed by atoms with Crippen LogP contribution in [0.15, 0.2) is 188 Å². The van der Waals surface area contributed by atoms with Crippen LogP contribution in [0, 0.1) is 11.3 Å². The van der Waals surface area contributed by atoms with Gasteiger partial charge < -0.3 is 0 Å². The van der Waals surface area contributed by atoms with Crippen LogP contribution in [0.3, 0.4) is 0 Å². The molecule has 10 aromatic rings. The van der Waals surface area contributed by atoms with Crippen LogP contribution in [-0.4, -0.2) is 0 Å². The van der Waals surface area contributed by atoms with Crippen LogP contribution in [0.1, 0.15) is 5.56 Å². The standard InChI is InChI=1S/C53H31N/c54-32-33-22-24-34(25-23-33)47-31-38-27-26-37(30-48(38)41-17-8-7-16-40(41)47)39-28-29-46-51-42(39)20-11-21-45(51)52-49(35-12-3-1-4-13-35)43-18-9-10-19-44(43)50(53(46)52)36-14-5-2-6-15-36/h1-31H. The predicted molar refractivity (Wildman–Crippen MR) is 227 cm³/mol. The topological polar surface area (TPSA) is 23.8 Å². The van der Waals surface area contributed by atoms with E-state index >= 15 is 0 Å². The van der Waals surface area contributed by atoms with E-state index in [1.165, 1.54) is 104 Å². The highest BCUT2D eigenvalue weighted by molar-refractivity contribution is 6.29. The Labute approximate surface area is 313 Å². The molecule has 54 heavy (non-hydrogen) atoms. The van der Waals surface area contributed by atoms with Gasteiger partial charge in [-0.05, 0) is 134 Å². The minimum absolute atomic E-state index is 0.669. The Kier molecular flexibility index (Phi) is 6.68. The van der Waals surface area contributed by atoms with E-state index in [1.807, 2.05) is 12.1 Å². The van der Waals surface area contributed by atoms with E-state index in [0.717, 1.165) is 5.56 Å². The van der Waals surface area contributed by atoms with E-state index in [2.05, 4.69) is 182 Å². The molecule has 0 N–H and O–H groups in total. The fraction of sp³-hybridized carbons (Fsp3) is 0. The van der Waals surface area contributed by atoms with Crippen LogP contribution in [0.25, 0.3) is 110 Å². The molecule has 0 unspecified atom stereocenters. The SMILES string of the molecule is N#Cc1ccc(-c2cc3ccc(-c4ccc5c6c(cccc46)-c4c-5c(-c5ccccc5)c5ccccc5c4-c4ccccc4)cc3c3ccccc23)cc1. The van der Waals surface area contributed by atoms with Gasteiger partial charge in [-0.1, -0.05) is 164 Å². The van der Waals surface area contributed by atoms with Gasteiger partial charge in [0.05, 0.1) is 11.6 Å². The number of rotatable bonds is 4. The average molecular weight is 682 g/mol. The van der Waals surface area contributed by atoms with Crippen LogP contribution in [0.2, 0.25) is 0 Å². The van der Waals surface area contributed by atoms with Gasteiger partial charge in [0.2, 0.25) is 0 Å². The van der Waals surface area contributed by atoms with E-state index in [4.69, 9.17) is 0 Å². The molecule has 0 aliphatic heterocycles. The van der Waals surface area contributed by atoms with E-state index in [-0.39, 0.29) is 0 Å². The Hall–Kier alpha value is -7.27. The third-order valence-corrected chi connectivity index (χ3v) is 11.4. The van der Waals surface area contributed by atoms with E-state index in [1.54, 1.807) is 0 Å². The molecule has 0 saturated heterocycles. The highest BCUT2D eigenvalue weighted by Gasteiger charge is 2.31. The first kappa shape index (κ1) is 30.4. The summed E-state index contributed by atoms with van der Waals surface area (Å²) in [5.41, 5.74) is 15.7. The van der Waals surface area contributed by atoms with Crippen molar-refractivity contribution in [1.82, 2.24) is 0 Å². The van der Waals surface area contributed by atoms with Crippen molar-refractivity contribution in [3.63, 3.8) is 0 Å². The van der Waals surface area contributed by atoms with E-state index in [9.17, 15) is 5.26 Å². The largest absolute Gasteiger partial charge is 0.192 e. The zero-order valence-corrected chi connectivity index (χ0v) is 29.3. The second-order valence-corrected chi connectivity index (χ2v) is 14.3. The summed E-state index contributed by atoms with van der Waals surface area (Å²) in [5.74, 6) is 0. The smallest absolute Gasteiger partial charge is 0.0991 e. The maximum absolute atomic E-state index is 9.39. The molecule has 0 saturated carbocycles. The van der Waals surface area contributed by atoms with Gasteiger partial charge in [-0.2, -0.15) is 5.26 Å². The summed E-state index contributed by atoms with van der Waals surface area (Å²) >= 11 is 0. The Balaban J connectivity index is 1.17. The monoisotopic (exact) mass is 681 g/mol. The predicted octanol–water partition coefficient (Wildman–Crippen LogP) is 14.5. The van der Waals surface area contributed by atoms with Gasteiger partial charge in [0.25, 0.3) is 0 Å². The Morgan fingerprint density at radius 1 is 0.296 bits per heavy atom. The molecule has 248 valence electrons. The van der Waals surface area contributed by atoms with E-state index < -0.39 is 0 Å². The molecule has 0 spiro atoms. The zero-order valence-electron chi connectivity index (χ0n) is 29.3. The summed E-state index contributed by atoms with van der Waals surface area (Å²) in [7, 11) is 0.